The lowest BCUT2D eigenvalue weighted by Gasteiger charge is -2.24. The van der Waals surface area contributed by atoms with E-state index in [0.717, 1.165) is 63.8 Å². The third-order valence-corrected chi connectivity index (χ3v) is 7.91. The number of amides is 1. The second kappa shape index (κ2) is 10.8. The molecule has 0 radical (unpaired) electrons. The van der Waals surface area contributed by atoms with Gasteiger partial charge in [-0.15, -0.1) is 0 Å². The number of aryl methyl sites for hydroxylation is 1. The molecule has 1 N–H and O–H groups in total. The maximum absolute atomic E-state index is 12.2. The van der Waals surface area contributed by atoms with Gasteiger partial charge < -0.3 is 10.1 Å². The van der Waals surface area contributed by atoms with Gasteiger partial charge in [0.25, 0.3) is 0 Å². The van der Waals surface area contributed by atoms with Gasteiger partial charge in [-0.1, -0.05) is 42.8 Å². The van der Waals surface area contributed by atoms with Gasteiger partial charge in [0.2, 0.25) is 5.91 Å². The van der Waals surface area contributed by atoms with Gasteiger partial charge in [0.1, 0.15) is 0 Å². The summed E-state index contributed by atoms with van der Waals surface area (Å²) in [5.74, 6) is 0.598. The van der Waals surface area contributed by atoms with E-state index in [1.807, 2.05) is 6.20 Å². The van der Waals surface area contributed by atoms with Gasteiger partial charge in [0, 0.05) is 37.9 Å². The maximum atomic E-state index is 12.2. The molecule has 1 amide bonds. The molecular weight excluding hydrogens is 434 g/mol. The number of hydrogen-bond acceptors (Lipinski definition) is 3. The van der Waals surface area contributed by atoms with Crippen LogP contribution in [-0.4, -0.2) is 35.4 Å². The van der Waals surface area contributed by atoms with E-state index < -0.39 is 0 Å². The van der Waals surface area contributed by atoms with Crippen LogP contribution < -0.4 is 5.32 Å². The van der Waals surface area contributed by atoms with Gasteiger partial charge in [-0.3, -0.25) is 9.48 Å². The number of rotatable bonds is 4. The summed E-state index contributed by atoms with van der Waals surface area (Å²) in [4.78, 5) is 12.2. The highest BCUT2D eigenvalue weighted by molar-refractivity contribution is 5.77. The highest BCUT2D eigenvalue weighted by Crippen LogP contribution is 2.39. The summed E-state index contributed by atoms with van der Waals surface area (Å²) in [6.07, 6.45) is 11.1. The number of ether oxygens (including phenoxy) is 1. The smallest absolute Gasteiger partial charge is 0.220 e. The Morgan fingerprint density at radius 1 is 0.914 bits per heavy atom. The van der Waals surface area contributed by atoms with Gasteiger partial charge in [0.05, 0.1) is 12.2 Å². The number of nitrogens with zero attached hydrogens (tertiary/aromatic N) is 2. The summed E-state index contributed by atoms with van der Waals surface area (Å²) in [6.45, 7) is 6.89. The lowest BCUT2D eigenvalue weighted by molar-refractivity contribution is -0.121. The molecule has 184 valence electrons. The van der Waals surface area contributed by atoms with Crippen molar-refractivity contribution in [3.05, 3.63) is 65.5 Å². The molecule has 0 saturated carbocycles. The van der Waals surface area contributed by atoms with E-state index in [2.05, 4.69) is 71.5 Å². The van der Waals surface area contributed by atoms with E-state index in [1.54, 1.807) is 0 Å². The normalized spacial score (nSPS) is 20.1. The molecule has 2 saturated heterocycles. The Morgan fingerprint density at radius 3 is 2.49 bits per heavy atom. The highest BCUT2D eigenvalue weighted by atomic mass is 16.5. The first-order valence-electron chi connectivity index (χ1n) is 13.2. The number of benzene rings is 2. The number of hydrogen-bond donors (Lipinski definition) is 1. The zero-order valence-corrected chi connectivity index (χ0v) is 21.1. The van der Waals surface area contributed by atoms with Crippen LogP contribution in [0.2, 0.25) is 0 Å². The SMILES string of the molecule is Cc1ccc(-c2ccc(-c3cnn(C4CCOCC4)c3)cc2)c(C2CCCCNC(=O)CC2)c1C. The van der Waals surface area contributed by atoms with Crippen molar-refractivity contribution in [2.75, 3.05) is 19.8 Å². The van der Waals surface area contributed by atoms with Gasteiger partial charge in [-0.2, -0.15) is 5.10 Å². The molecule has 1 atom stereocenters. The molecule has 2 aliphatic rings. The lowest BCUT2D eigenvalue weighted by atomic mass is 9.80. The van der Waals surface area contributed by atoms with Crippen molar-refractivity contribution in [2.45, 2.75) is 70.8 Å². The minimum atomic E-state index is 0.189. The molecule has 3 heterocycles. The van der Waals surface area contributed by atoms with Crippen molar-refractivity contribution in [3.63, 3.8) is 0 Å². The largest absolute Gasteiger partial charge is 0.381 e. The summed E-state index contributed by atoms with van der Waals surface area (Å²) in [5, 5.41) is 7.71. The van der Waals surface area contributed by atoms with Crippen LogP contribution in [0.1, 0.15) is 73.6 Å². The third kappa shape index (κ3) is 5.35. The second-order valence-corrected chi connectivity index (χ2v) is 10.2. The van der Waals surface area contributed by atoms with Gasteiger partial charge >= 0.3 is 0 Å². The van der Waals surface area contributed by atoms with Crippen LogP contribution in [0, 0.1) is 13.8 Å². The van der Waals surface area contributed by atoms with E-state index >= 15 is 0 Å². The first kappa shape index (κ1) is 23.8. The summed E-state index contributed by atoms with van der Waals surface area (Å²) >= 11 is 0. The number of nitrogens with one attached hydrogen (secondary N) is 1. The summed E-state index contributed by atoms with van der Waals surface area (Å²) in [5.41, 5.74) is 9.02. The zero-order chi connectivity index (χ0) is 24.2. The number of carbonyl (C=O) groups excluding carboxylic acids is 1. The Labute approximate surface area is 208 Å². The second-order valence-electron chi connectivity index (χ2n) is 10.2. The first-order chi connectivity index (χ1) is 17.1. The molecule has 5 rings (SSSR count). The summed E-state index contributed by atoms with van der Waals surface area (Å²) in [6, 6.07) is 13.9. The van der Waals surface area contributed by atoms with Crippen LogP contribution in [0.25, 0.3) is 22.3 Å². The van der Waals surface area contributed by atoms with Crippen LogP contribution in [0.4, 0.5) is 0 Å². The predicted molar refractivity (Wildman–Crippen MR) is 140 cm³/mol. The lowest BCUT2D eigenvalue weighted by Crippen LogP contribution is -2.23. The molecule has 1 unspecified atom stereocenters. The monoisotopic (exact) mass is 471 g/mol. The highest BCUT2D eigenvalue weighted by Gasteiger charge is 2.22. The fourth-order valence-electron chi connectivity index (χ4n) is 5.66. The van der Waals surface area contributed by atoms with E-state index in [0.29, 0.717) is 18.4 Å². The molecule has 0 bridgehead atoms. The molecule has 3 aromatic rings. The van der Waals surface area contributed by atoms with Crippen molar-refractivity contribution in [1.29, 1.82) is 0 Å². The van der Waals surface area contributed by atoms with E-state index in [4.69, 9.17) is 4.74 Å². The molecular formula is C30H37N3O2. The van der Waals surface area contributed by atoms with Crippen LogP contribution >= 0.6 is 0 Å². The molecule has 5 heteroatoms. The zero-order valence-electron chi connectivity index (χ0n) is 21.1. The Kier molecular flexibility index (Phi) is 7.33. The molecule has 0 aliphatic carbocycles. The fraction of sp³-hybridized carbons (Fsp3) is 0.467. The van der Waals surface area contributed by atoms with Crippen LogP contribution in [0.3, 0.4) is 0 Å². The summed E-state index contributed by atoms with van der Waals surface area (Å²) in [7, 11) is 0. The predicted octanol–water partition coefficient (Wildman–Crippen LogP) is 6.35. The third-order valence-electron chi connectivity index (χ3n) is 7.91. The van der Waals surface area contributed by atoms with Gasteiger partial charge in [0.15, 0.2) is 0 Å². The molecule has 5 nitrogen and oxygen atoms in total. The van der Waals surface area contributed by atoms with E-state index in [9.17, 15) is 4.79 Å². The molecule has 2 aliphatic heterocycles. The topological polar surface area (TPSA) is 56.1 Å². The van der Waals surface area contributed by atoms with Crippen molar-refractivity contribution in [3.8, 4) is 22.3 Å². The standard InChI is InChI=1S/C30H37N3O2/c1-21-6-12-28(30(22(21)2)25-5-3-4-16-31-29(34)13-11-25)24-9-7-23(8-10-24)26-19-32-33(20-26)27-14-17-35-18-15-27/h6-10,12,19-20,25,27H,3-5,11,13-18H2,1-2H3,(H,31,34). The van der Waals surface area contributed by atoms with Crippen molar-refractivity contribution >= 4 is 5.91 Å². The minimum absolute atomic E-state index is 0.189. The minimum Gasteiger partial charge on any atom is -0.381 e. The van der Waals surface area contributed by atoms with Crippen molar-refractivity contribution in [1.82, 2.24) is 15.1 Å². The van der Waals surface area contributed by atoms with Gasteiger partial charge in [-0.25, -0.2) is 0 Å². The maximum Gasteiger partial charge on any atom is 0.220 e. The molecule has 0 spiro atoms. The Morgan fingerprint density at radius 2 is 1.69 bits per heavy atom. The van der Waals surface area contributed by atoms with E-state index in [1.165, 1.54) is 33.4 Å². The Bertz CT molecular complexity index is 1160. The number of carbonyl (C=O) groups is 1. The Balaban J connectivity index is 1.42. The average molecular weight is 472 g/mol. The Hall–Kier alpha value is -2.92. The van der Waals surface area contributed by atoms with Crippen LogP contribution in [0.15, 0.2) is 48.8 Å². The van der Waals surface area contributed by atoms with E-state index in [-0.39, 0.29) is 5.91 Å². The molecule has 2 fully saturated rings. The van der Waals surface area contributed by atoms with Crippen molar-refractivity contribution in [2.24, 2.45) is 0 Å². The van der Waals surface area contributed by atoms with Crippen LogP contribution in [0.5, 0.6) is 0 Å². The number of aromatic nitrogens is 2. The summed E-state index contributed by atoms with van der Waals surface area (Å²) < 4.78 is 7.61. The molecule has 35 heavy (non-hydrogen) atoms. The first-order valence-corrected chi connectivity index (χ1v) is 13.2. The molecule has 2 aromatic carbocycles. The molecule has 1 aromatic heterocycles. The quantitative estimate of drug-likeness (QED) is 0.482. The van der Waals surface area contributed by atoms with Crippen LogP contribution in [-0.2, 0) is 9.53 Å². The fourth-order valence-corrected chi connectivity index (χ4v) is 5.66. The average Bonchev–Trinajstić information content (AvgIpc) is 3.41. The van der Waals surface area contributed by atoms with Gasteiger partial charge in [-0.05, 0) is 85.3 Å². The van der Waals surface area contributed by atoms with Crippen molar-refractivity contribution < 1.29 is 9.53 Å².